The lowest BCUT2D eigenvalue weighted by atomic mass is 10.1. The number of aliphatic hydroxyl groups excluding tert-OH is 1. The molecule has 0 radical (unpaired) electrons. The first-order valence-corrected chi connectivity index (χ1v) is 12.4. The molecular weight excluding hydrogens is 550 g/mol. The van der Waals surface area contributed by atoms with Crippen LogP contribution < -0.4 is 15.8 Å². The molecule has 0 fully saturated rings. The van der Waals surface area contributed by atoms with Gasteiger partial charge in [0.25, 0.3) is 5.91 Å². The molecule has 0 aliphatic carbocycles. The third kappa shape index (κ3) is 10.5. The Hall–Kier alpha value is -3.00. The van der Waals surface area contributed by atoms with Gasteiger partial charge >= 0.3 is 6.09 Å². The molecule has 4 N–H and O–H groups in total. The zero-order valence-electron chi connectivity index (χ0n) is 21.5. The average molecular weight is 584 g/mol. The topological polar surface area (TPSA) is 158 Å². The van der Waals surface area contributed by atoms with E-state index < -0.39 is 17.6 Å². The molecule has 0 unspecified atom stereocenters. The van der Waals surface area contributed by atoms with Gasteiger partial charge in [-0.3, -0.25) is 4.79 Å². The highest BCUT2D eigenvalue weighted by Gasteiger charge is 2.22. The fourth-order valence-corrected chi connectivity index (χ4v) is 3.23. The summed E-state index contributed by atoms with van der Waals surface area (Å²) >= 11 is 3.19. The Balaban J connectivity index is 2.19. The van der Waals surface area contributed by atoms with Crippen LogP contribution in [0.4, 0.5) is 16.3 Å². The largest absolute Gasteiger partial charge is 0.489 e. The number of carbonyl (C=O) groups is 2. The molecule has 1 aromatic heterocycles. The lowest BCUT2D eigenvalue weighted by Gasteiger charge is -2.25. The first-order valence-electron chi connectivity index (χ1n) is 11.6. The Morgan fingerprint density at radius 1 is 1.14 bits per heavy atom. The van der Waals surface area contributed by atoms with E-state index in [1.54, 1.807) is 46.0 Å². The van der Waals surface area contributed by atoms with Crippen LogP contribution in [0.3, 0.4) is 0 Å². The van der Waals surface area contributed by atoms with E-state index in [0.717, 1.165) is 0 Å². The van der Waals surface area contributed by atoms with Gasteiger partial charge in [-0.25, -0.2) is 14.8 Å². The molecule has 0 atom stereocenters. The molecule has 2 aromatic rings. The summed E-state index contributed by atoms with van der Waals surface area (Å²) in [7, 11) is 1.61. The minimum absolute atomic E-state index is 0.0270. The molecule has 0 saturated heterocycles. The van der Waals surface area contributed by atoms with Crippen molar-refractivity contribution in [2.75, 3.05) is 57.7 Å². The molecule has 0 spiro atoms. The Morgan fingerprint density at radius 3 is 2.49 bits per heavy atom. The number of aromatic nitrogens is 2. The number of nitrogen functional groups attached to an aromatic ring is 1. The number of benzene rings is 1. The van der Waals surface area contributed by atoms with Crippen molar-refractivity contribution < 1.29 is 33.6 Å². The summed E-state index contributed by atoms with van der Waals surface area (Å²) in [5.74, 6) is -0.250. The molecule has 1 aromatic carbocycles. The van der Waals surface area contributed by atoms with Crippen LogP contribution in [-0.2, 0) is 20.8 Å². The van der Waals surface area contributed by atoms with Crippen LogP contribution in [0.15, 0.2) is 29.0 Å². The second kappa shape index (κ2) is 14.7. The number of hydrogen-bond acceptors (Lipinski definition) is 10. The number of halogens is 1. The van der Waals surface area contributed by atoms with Crippen molar-refractivity contribution in [1.29, 1.82) is 0 Å². The monoisotopic (exact) mass is 583 g/mol. The lowest BCUT2D eigenvalue weighted by Crippen LogP contribution is -2.34. The zero-order valence-corrected chi connectivity index (χ0v) is 23.0. The van der Waals surface area contributed by atoms with Crippen molar-refractivity contribution in [3.8, 4) is 5.75 Å². The highest BCUT2D eigenvalue weighted by Crippen LogP contribution is 2.31. The summed E-state index contributed by atoms with van der Waals surface area (Å²) in [5, 5.41) is 11.5. The first-order chi connectivity index (χ1) is 17.5. The number of nitrogens with two attached hydrogens (primary N) is 1. The second-order valence-electron chi connectivity index (χ2n) is 8.81. The van der Waals surface area contributed by atoms with Crippen molar-refractivity contribution in [2.45, 2.75) is 32.9 Å². The van der Waals surface area contributed by atoms with Crippen LogP contribution in [0.5, 0.6) is 5.75 Å². The molecule has 0 aliphatic rings. The van der Waals surface area contributed by atoms with Crippen molar-refractivity contribution in [1.82, 2.24) is 14.9 Å². The highest BCUT2D eigenvalue weighted by atomic mass is 79.9. The maximum absolute atomic E-state index is 12.9. The van der Waals surface area contributed by atoms with Crippen LogP contribution in [-0.4, -0.2) is 84.3 Å². The number of aliphatic hydroxyl groups is 1. The summed E-state index contributed by atoms with van der Waals surface area (Å²) in [6.45, 7) is 6.79. The average Bonchev–Trinajstić information content (AvgIpc) is 2.82. The molecule has 2 rings (SSSR count). The van der Waals surface area contributed by atoms with Crippen LogP contribution in [0, 0.1) is 0 Å². The molecule has 2 amide bonds. The maximum atomic E-state index is 12.9. The van der Waals surface area contributed by atoms with E-state index in [0.29, 0.717) is 34.8 Å². The predicted molar refractivity (Wildman–Crippen MR) is 140 cm³/mol. The smallest absolute Gasteiger partial charge is 0.410 e. The van der Waals surface area contributed by atoms with E-state index in [2.05, 4.69) is 31.2 Å². The molecular formula is C24H34BrN5O7. The van der Waals surface area contributed by atoms with Gasteiger partial charge in [-0.2, -0.15) is 0 Å². The fourth-order valence-electron chi connectivity index (χ4n) is 2.95. The second-order valence-corrected chi connectivity index (χ2v) is 9.62. The summed E-state index contributed by atoms with van der Waals surface area (Å²) in [5.41, 5.74) is 6.12. The molecule has 0 aliphatic heterocycles. The van der Waals surface area contributed by atoms with Gasteiger partial charge in [0.15, 0.2) is 11.5 Å². The van der Waals surface area contributed by atoms with E-state index in [4.69, 9.17) is 29.8 Å². The van der Waals surface area contributed by atoms with Gasteiger partial charge in [-0.05, 0) is 42.8 Å². The maximum Gasteiger partial charge on any atom is 0.410 e. The number of amides is 2. The van der Waals surface area contributed by atoms with Gasteiger partial charge in [0.1, 0.15) is 22.6 Å². The molecule has 0 bridgehead atoms. The highest BCUT2D eigenvalue weighted by molar-refractivity contribution is 9.10. The van der Waals surface area contributed by atoms with Gasteiger partial charge in [0, 0.05) is 12.6 Å². The summed E-state index contributed by atoms with van der Waals surface area (Å²) < 4.78 is 22.4. The zero-order chi connectivity index (χ0) is 27.4. The fraction of sp³-hybridized carbons (Fsp3) is 0.500. The van der Waals surface area contributed by atoms with Gasteiger partial charge in [-0.1, -0.05) is 12.1 Å². The lowest BCUT2D eigenvalue weighted by molar-refractivity contribution is 0.0241. The number of nitrogens with zero attached hydrogens (tertiary/aromatic N) is 3. The SMILES string of the molecule is CN(Cc1cccc(NC(=O)c2nc(Br)cnc2N)c1OCCOCCOCCO)C(=O)OC(C)(C)C. The number of ether oxygens (including phenoxy) is 4. The van der Waals surface area contributed by atoms with Crippen LogP contribution in [0.25, 0.3) is 0 Å². The number of rotatable bonds is 13. The van der Waals surface area contributed by atoms with Gasteiger partial charge in [-0.15, -0.1) is 0 Å². The van der Waals surface area contributed by atoms with E-state index in [-0.39, 0.29) is 44.5 Å². The Bertz CT molecular complexity index is 1050. The Kier molecular flexibility index (Phi) is 12.0. The minimum atomic E-state index is -0.649. The number of para-hydroxylation sites is 1. The quantitative estimate of drug-likeness (QED) is 0.299. The summed E-state index contributed by atoms with van der Waals surface area (Å²) in [4.78, 5) is 34.9. The van der Waals surface area contributed by atoms with E-state index in [1.807, 2.05) is 0 Å². The summed E-state index contributed by atoms with van der Waals surface area (Å²) in [6, 6.07) is 5.17. The first kappa shape index (κ1) is 30.2. The molecule has 12 nitrogen and oxygen atoms in total. The molecule has 204 valence electrons. The van der Waals surface area contributed by atoms with Crippen molar-refractivity contribution in [3.63, 3.8) is 0 Å². The van der Waals surface area contributed by atoms with Crippen molar-refractivity contribution >= 4 is 39.4 Å². The number of carbonyl (C=O) groups excluding carboxylic acids is 2. The standard InChI is InChI=1S/C24H34BrN5O7/c1-24(2,3)37-23(33)30(4)15-16-6-5-7-17(20(16)36-13-12-35-11-10-34-9-8-31)28-22(32)19-21(26)27-14-18(25)29-19/h5-7,14,31H,8-13,15H2,1-4H3,(H2,26,27)(H,28,32). The van der Waals surface area contributed by atoms with Crippen molar-refractivity contribution in [2.24, 2.45) is 0 Å². The number of anilines is 2. The number of nitrogens with one attached hydrogen (secondary N) is 1. The van der Waals surface area contributed by atoms with Gasteiger partial charge in [0.2, 0.25) is 0 Å². The van der Waals surface area contributed by atoms with Crippen LogP contribution in [0.2, 0.25) is 0 Å². The molecule has 0 saturated carbocycles. The third-order valence-corrected chi connectivity index (χ3v) is 4.91. The minimum Gasteiger partial charge on any atom is -0.489 e. The molecule has 1 heterocycles. The molecule has 13 heteroatoms. The summed E-state index contributed by atoms with van der Waals surface area (Å²) in [6.07, 6.45) is 0.888. The van der Waals surface area contributed by atoms with Gasteiger partial charge in [0.05, 0.1) is 51.5 Å². The van der Waals surface area contributed by atoms with E-state index in [9.17, 15) is 9.59 Å². The predicted octanol–water partition coefficient (Wildman–Crippen LogP) is 2.84. The normalized spacial score (nSPS) is 11.2. The van der Waals surface area contributed by atoms with E-state index in [1.165, 1.54) is 11.1 Å². The van der Waals surface area contributed by atoms with Crippen LogP contribution in [0.1, 0.15) is 36.8 Å². The van der Waals surface area contributed by atoms with Crippen molar-refractivity contribution in [3.05, 3.63) is 40.3 Å². The van der Waals surface area contributed by atoms with Gasteiger partial charge < -0.3 is 40.0 Å². The Labute approximate surface area is 224 Å². The number of hydrogen-bond donors (Lipinski definition) is 3. The van der Waals surface area contributed by atoms with Crippen LogP contribution >= 0.6 is 15.9 Å². The molecule has 37 heavy (non-hydrogen) atoms. The Morgan fingerprint density at radius 2 is 1.81 bits per heavy atom. The third-order valence-electron chi connectivity index (χ3n) is 4.53. The van der Waals surface area contributed by atoms with E-state index >= 15 is 0 Å².